The van der Waals surface area contributed by atoms with Crippen LogP contribution in [0, 0.1) is 0 Å². The topological polar surface area (TPSA) is 120 Å². The van der Waals surface area contributed by atoms with E-state index in [1.165, 1.54) is 86.5 Å². The first-order valence-electron chi connectivity index (χ1n) is 26.0. The molecular weight excluding hydrogens is 957 g/mol. The molecule has 2 aromatic heterocycles. The summed E-state index contributed by atoms with van der Waals surface area (Å²) in [4.78, 5) is 36.6. The van der Waals surface area contributed by atoms with Crippen LogP contribution in [-0.4, -0.2) is 47.7 Å². The van der Waals surface area contributed by atoms with E-state index in [4.69, 9.17) is 19.8 Å². The number of aromatic nitrogens is 2. The smallest absolute Gasteiger partial charge is 0.338 e. The number of nitrogens with zero attached hydrogens (tertiary/aromatic N) is 4. The van der Waals surface area contributed by atoms with E-state index in [1.807, 2.05) is 41.4 Å². The third-order valence-corrected chi connectivity index (χ3v) is 16.1. The van der Waals surface area contributed by atoms with Crippen LogP contribution in [0.1, 0.15) is 126 Å². The Kier molecular flexibility index (Phi) is 17.5. The second-order valence-electron chi connectivity index (χ2n) is 19.3. The number of aromatic carboxylic acids is 1. The van der Waals surface area contributed by atoms with E-state index >= 15 is 0 Å². The molecule has 3 N–H and O–H groups in total. The third-order valence-electron chi connectivity index (χ3n) is 14.3. The van der Waals surface area contributed by atoms with Crippen LogP contribution in [0.3, 0.4) is 0 Å². The molecule has 0 spiro atoms. The molecule has 2 saturated carbocycles. The van der Waals surface area contributed by atoms with Gasteiger partial charge in [-0.2, -0.15) is 0 Å². The third kappa shape index (κ3) is 13.5. The molecule has 6 aromatic carbocycles. The summed E-state index contributed by atoms with van der Waals surface area (Å²) in [5, 5.41) is 22.0. The lowest BCUT2D eigenvalue weighted by Crippen LogP contribution is -2.10. The summed E-state index contributed by atoms with van der Waals surface area (Å²) >= 11 is 3.16. The zero-order chi connectivity index (χ0) is 51.2. The number of ether oxygens (including phenoxy) is 1. The number of thiazole rings is 2. The molecule has 10 rings (SSSR count). The lowest BCUT2D eigenvalue weighted by Gasteiger charge is -2.22. The van der Waals surface area contributed by atoms with Crippen molar-refractivity contribution in [1.29, 1.82) is 0 Å². The Morgan fingerprint density at radius 2 is 0.932 bits per heavy atom. The minimum Gasteiger partial charge on any atom is -0.478 e. The Hall–Kier alpha value is -7.28. The van der Waals surface area contributed by atoms with Crippen LogP contribution in [0.15, 0.2) is 156 Å². The second kappa shape index (κ2) is 25.1. The largest absolute Gasteiger partial charge is 0.478 e. The maximum Gasteiger partial charge on any atom is 0.338 e. The molecule has 0 unspecified atom stereocenters. The van der Waals surface area contributed by atoms with E-state index in [9.17, 15) is 9.59 Å². The number of rotatable bonds is 17. The molecule has 0 radical (unpaired) electrons. The summed E-state index contributed by atoms with van der Waals surface area (Å²) in [5.74, 6) is 0.271. The van der Waals surface area contributed by atoms with Gasteiger partial charge in [0, 0.05) is 71.8 Å². The van der Waals surface area contributed by atoms with Crippen LogP contribution in [-0.2, 0) is 17.8 Å². The molecular formula is C62H66N6O4S2. The van der Waals surface area contributed by atoms with Crippen molar-refractivity contribution in [2.24, 2.45) is 0 Å². The number of carbonyl (C=O) groups is 2. The molecule has 10 nitrogen and oxygen atoms in total. The summed E-state index contributed by atoms with van der Waals surface area (Å²) in [5.41, 5.74) is 14.5. The first-order chi connectivity index (χ1) is 36.2. The molecule has 74 heavy (non-hydrogen) atoms. The van der Waals surface area contributed by atoms with Crippen molar-refractivity contribution in [3.8, 4) is 22.5 Å². The van der Waals surface area contributed by atoms with Gasteiger partial charge < -0.3 is 30.3 Å². The van der Waals surface area contributed by atoms with Gasteiger partial charge in [0.1, 0.15) is 0 Å². The van der Waals surface area contributed by atoms with Crippen LogP contribution in [0.4, 0.5) is 33.0 Å². The minimum absolute atomic E-state index is 0.275. The Morgan fingerprint density at radius 3 is 1.31 bits per heavy atom. The van der Waals surface area contributed by atoms with Crippen LogP contribution >= 0.6 is 22.7 Å². The van der Waals surface area contributed by atoms with Crippen LogP contribution in [0.2, 0.25) is 0 Å². The van der Waals surface area contributed by atoms with Gasteiger partial charge in [0.05, 0.1) is 29.1 Å². The van der Waals surface area contributed by atoms with Gasteiger partial charge in [0.25, 0.3) is 0 Å². The number of benzene rings is 6. The van der Waals surface area contributed by atoms with E-state index in [1.54, 1.807) is 66.0 Å². The summed E-state index contributed by atoms with van der Waals surface area (Å²) < 4.78 is 5.07. The van der Waals surface area contributed by atoms with Crippen LogP contribution in [0.5, 0.6) is 0 Å². The lowest BCUT2D eigenvalue weighted by atomic mass is 9.84. The van der Waals surface area contributed by atoms with Crippen LogP contribution in [0.25, 0.3) is 22.5 Å². The van der Waals surface area contributed by atoms with Gasteiger partial charge in [0.2, 0.25) is 0 Å². The molecule has 0 atom stereocenters. The van der Waals surface area contributed by atoms with Crippen LogP contribution < -0.4 is 20.4 Å². The predicted molar refractivity (Wildman–Crippen MR) is 306 cm³/mol. The Labute approximate surface area is 444 Å². The highest BCUT2D eigenvalue weighted by molar-refractivity contribution is 7.14. The van der Waals surface area contributed by atoms with Crippen molar-refractivity contribution in [2.45, 2.75) is 96.1 Å². The molecule has 2 heterocycles. The van der Waals surface area contributed by atoms with Crippen molar-refractivity contribution in [3.63, 3.8) is 0 Å². The van der Waals surface area contributed by atoms with Gasteiger partial charge in [-0.1, -0.05) is 111 Å². The van der Waals surface area contributed by atoms with Crippen molar-refractivity contribution < 1.29 is 19.4 Å². The molecule has 8 aromatic rings. The highest BCUT2D eigenvalue weighted by Crippen LogP contribution is 2.36. The van der Waals surface area contributed by atoms with Gasteiger partial charge in [-0.3, -0.25) is 0 Å². The fourth-order valence-electron chi connectivity index (χ4n) is 9.80. The molecule has 0 saturated heterocycles. The number of carbonyl (C=O) groups excluding carboxylic acids is 1. The van der Waals surface area contributed by atoms with Crippen molar-refractivity contribution >= 4 is 67.6 Å². The average Bonchev–Trinajstić information content (AvgIpc) is 4.17. The standard InChI is InChI=1S/C32H35N3O2S.C30H31N3O2S/c1-3-37-31(36)27-15-19-29(20-16-27)35(2)32-34-30(22-38-32)26-13-17-28(18-14-26)33-21-23-9-11-25(12-10-23)24-7-5-4-6-8-24;1-33(27-17-13-25(14-18-27)29(34)35)30-32-28(20-36-30)24-11-15-26(16-12-24)31-19-21-7-9-23(10-8-21)22-5-3-2-4-6-22/h9-20,22,24,33H,3-8,21H2,1-2H3;7-18,20,22,31H,2-6,19H2,1H3,(H,34,35). The van der Waals surface area contributed by atoms with Crippen molar-refractivity contribution in [1.82, 2.24) is 9.97 Å². The SMILES string of the molecule is CCOC(=O)c1ccc(N(C)c2nc(-c3ccc(NCc4ccc(C5CCCCC5)cc4)cc3)cs2)cc1.CN(c1ccc(C(=O)O)cc1)c1nc(-c2ccc(NCc3ccc(C4CCCCC4)cc3)cc2)cs1. The highest BCUT2D eigenvalue weighted by Gasteiger charge is 2.18. The van der Waals surface area contributed by atoms with E-state index in [2.05, 4.69) is 113 Å². The van der Waals surface area contributed by atoms with Gasteiger partial charge in [-0.05, 0) is 139 Å². The number of carboxylic acid groups (broad SMARTS) is 1. The minimum atomic E-state index is -0.925. The van der Waals surface area contributed by atoms with Crippen molar-refractivity contribution in [3.05, 3.63) is 190 Å². The van der Waals surface area contributed by atoms with Gasteiger partial charge in [-0.15, -0.1) is 22.7 Å². The fraction of sp³-hybridized carbons (Fsp3) is 0.290. The number of anilines is 6. The number of hydrogen-bond donors (Lipinski definition) is 3. The zero-order valence-corrected chi connectivity index (χ0v) is 44.3. The van der Waals surface area contributed by atoms with E-state index in [-0.39, 0.29) is 11.5 Å². The van der Waals surface area contributed by atoms with Crippen molar-refractivity contribution in [2.75, 3.05) is 41.1 Å². The number of nitrogens with one attached hydrogen (secondary N) is 2. The van der Waals surface area contributed by atoms with E-state index in [0.29, 0.717) is 12.2 Å². The Morgan fingerprint density at radius 1 is 0.541 bits per heavy atom. The van der Waals surface area contributed by atoms with Gasteiger partial charge in [0.15, 0.2) is 10.3 Å². The fourth-order valence-corrected chi connectivity index (χ4v) is 11.4. The van der Waals surface area contributed by atoms with E-state index < -0.39 is 5.97 Å². The number of carboxylic acids is 1. The lowest BCUT2D eigenvalue weighted by molar-refractivity contribution is 0.0525. The first-order valence-corrected chi connectivity index (χ1v) is 27.8. The van der Waals surface area contributed by atoms with Gasteiger partial charge >= 0.3 is 11.9 Å². The summed E-state index contributed by atoms with van der Waals surface area (Å²) in [7, 11) is 3.92. The van der Waals surface area contributed by atoms with Gasteiger partial charge in [-0.25, -0.2) is 19.6 Å². The summed E-state index contributed by atoms with van der Waals surface area (Å²) in [6.07, 6.45) is 13.6. The monoisotopic (exact) mass is 1020 g/mol. The quantitative estimate of drug-likeness (QED) is 0.0761. The molecule has 2 fully saturated rings. The molecule has 2 aliphatic rings. The zero-order valence-electron chi connectivity index (χ0n) is 42.6. The molecule has 2 aliphatic carbocycles. The molecule has 0 amide bonds. The normalized spacial score (nSPS) is 13.8. The van der Waals surface area contributed by atoms with E-state index in [0.717, 1.165) is 80.5 Å². The maximum atomic E-state index is 11.9. The Balaban J connectivity index is 0.000000182. The molecule has 380 valence electrons. The first kappa shape index (κ1) is 51.6. The second-order valence-corrected chi connectivity index (χ2v) is 21.0. The molecule has 12 heteroatoms. The highest BCUT2D eigenvalue weighted by atomic mass is 32.1. The average molecular weight is 1020 g/mol. The molecule has 0 aliphatic heterocycles. The predicted octanol–water partition coefficient (Wildman–Crippen LogP) is 16.4. The maximum absolute atomic E-state index is 11.9. The molecule has 0 bridgehead atoms. The Bertz CT molecular complexity index is 3030. The summed E-state index contributed by atoms with van der Waals surface area (Å²) in [6, 6.07) is 49.4. The summed E-state index contributed by atoms with van der Waals surface area (Å²) in [6.45, 7) is 3.79. The number of esters is 1. The number of hydrogen-bond acceptors (Lipinski definition) is 11.